The average Bonchev–Trinajstić information content (AvgIpc) is 2.33. The maximum atomic E-state index is 12.0. The first kappa shape index (κ1) is 14.4. The Morgan fingerprint density at radius 1 is 1.00 bits per heavy atom. The molecule has 4 nitrogen and oxygen atoms in total. The van der Waals surface area contributed by atoms with Gasteiger partial charge >= 0.3 is 10.1 Å². The lowest BCUT2D eigenvalue weighted by Gasteiger charge is -2.07. The van der Waals surface area contributed by atoms with E-state index in [9.17, 15) is 8.42 Å². The van der Waals surface area contributed by atoms with Gasteiger partial charge in [-0.15, -0.1) is 0 Å². The third-order valence-electron chi connectivity index (χ3n) is 2.07. The summed E-state index contributed by atoms with van der Waals surface area (Å²) in [5, 5.41) is 0.702. The number of aromatic nitrogens is 1. The first-order valence-corrected chi connectivity index (χ1v) is 7.44. The molecular weight excluding hydrogens is 333 g/mol. The zero-order chi connectivity index (χ0) is 14.0. The number of halogens is 3. The van der Waals surface area contributed by atoms with E-state index in [-0.39, 0.29) is 20.8 Å². The van der Waals surface area contributed by atoms with E-state index in [1.807, 2.05) is 0 Å². The predicted octanol–water partition coefficient (Wildman–Crippen LogP) is 3.81. The van der Waals surface area contributed by atoms with Crippen LogP contribution in [0.25, 0.3) is 0 Å². The molecule has 1 aromatic heterocycles. The van der Waals surface area contributed by atoms with Crippen LogP contribution >= 0.6 is 34.8 Å². The van der Waals surface area contributed by atoms with Crippen molar-refractivity contribution in [1.82, 2.24) is 4.98 Å². The summed E-state index contributed by atoms with van der Waals surface area (Å²) in [4.78, 5) is 3.66. The Balaban J connectivity index is 2.33. The van der Waals surface area contributed by atoms with Gasteiger partial charge in [0, 0.05) is 11.2 Å². The third-order valence-corrected chi connectivity index (χ3v) is 4.02. The Bertz CT molecular complexity index is 702. The van der Waals surface area contributed by atoms with E-state index in [2.05, 4.69) is 4.98 Å². The van der Waals surface area contributed by atoms with E-state index < -0.39 is 10.1 Å². The predicted molar refractivity (Wildman–Crippen MR) is 73.5 cm³/mol. The van der Waals surface area contributed by atoms with Crippen LogP contribution in [0.5, 0.6) is 5.88 Å². The van der Waals surface area contributed by atoms with Crippen LogP contribution in [0.3, 0.4) is 0 Å². The summed E-state index contributed by atoms with van der Waals surface area (Å²) in [5.74, 6) is -0.235. The van der Waals surface area contributed by atoms with Crippen molar-refractivity contribution >= 4 is 44.9 Å². The first-order chi connectivity index (χ1) is 8.88. The van der Waals surface area contributed by atoms with Crippen molar-refractivity contribution in [3.63, 3.8) is 0 Å². The Morgan fingerprint density at radius 3 is 2.21 bits per heavy atom. The van der Waals surface area contributed by atoms with Crippen LogP contribution in [0.2, 0.25) is 15.1 Å². The van der Waals surface area contributed by atoms with Gasteiger partial charge in [-0.2, -0.15) is 8.42 Å². The molecule has 2 rings (SSSR count). The second kappa shape index (κ2) is 5.54. The second-order valence-electron chi connectivity index (χ2n) is 3.43. The third kappa shape index (κ3) is 3.51. The summed E-state index contributed by atoms with van der Waals surface area (Å²) < 4.78 is 28.7. The molecule has 0 saturated carbocycles. The average molecular weight is 339 g/mol. The molecule has 19 heavy (non-hydrogen) atoms. The summed E-state index contributed by atoms with van der Waals surface area (Å²) in [6.07, 6.45) is 1.24. The van der Waals surface area contributed by atoms with E-state index in [1.165, 1.54) is 36.5 Å². The first-order valence-electron chi connectivity index (χ1n) is 4.89. The van der Waals surface area contributed by atoms with Crippen LogP contribution in [-0.4, -0.2) is 13.4 Å². The second-order valence-corrected chi connectivity index (χ2v) is 6.26. The topological polar surface area (TPSA) is 56.3 Å². The molecule has 8 heteroatoms. The zero-order valence-corrected chi connectivity index (χ0v) is 12.3. The molecule has 2 aromatic rings. The molecule has 0 aliphatic rings. The lowest BCUT2D eigenvalue weighted by Crippen LogP contribution is -2.10. The molecule has 0 amide bonds. The van der Waals surface area contributed by atoms with E-state index >= 15 is 0 Å². The molecule has 0 aliphatic heterocycles. The molecule has 0 unspecified atom stereocenters. The number of pyridine rings is 1. The minimum absolute atomic E-state index is 0.00467. The lowest BCUT2D eigenvalue weighted by atomic mass is 10.4. The molecule has 0 saturated heterocycles. The molecular formula is C11H6Cl3NO3S. The highest BCUT2D eigenvalue weighted by Gasteiger charge is 2.19. The molecule has 0 atom stereocenters. The van der Waals surface area contributed by atoms with Crippen LogP contribution in [0.4, 0.5) is 0 Å². The normalized spacial score (nSPS) is 11.3. The number of hydrogen-bond acceptors (Lipinski definition) is 4. The highest BCUT2D eigenvalue weighted by Crippen LogP contribution is 2.27. The van der Waals surface area contributed by atoms with Crippen molar-refractivity contribution in [3.05, 3.63) is 51.6 Å². The van der Waals surface area contributed by atoms with Gasteiger partial charge in [-0.25, -0.2) is 4.98 Å². The number of rotatable bonds is 3. The van der Waals surface area contributed by atoms with Crippen molar-refractivity contribution in [2.75, 3.05) is 0 Å². The van der Waals surface area contributed by atoms with Gasteiger partial charge in [0.05, 0.1) is 5.02 Å². The summed E-state index contributed by atoms with van der Waals surface area (Å²) in [5.41, 5.74) is 0. The fourth-order valence-electron chi connectivity index (χ4n) is 1.22. The van der Waals surface area contributed by atoms with E-state index in [0.29, 0.717) is 5.02 Å². The van der Waals surface area contributed by atoms with Crippen LogP contribution in [0, 0.1) is 0 Å². The molecule has 0 spiro atoms. The summed E-state index contributed by atoms with van der Waals surface area (Å²) >= 11 is 17.1. The van der Waals surface area contributed by atoms with Gasteiger partial charge in [0.15, 0.2) is 0 Å². The fourth-order valence-corrected chi connectivity index (χ4v) is 2.71. The maximum absolute atomic E-state index is 12.0. The summed E-state index contributed by atoms with van der Waals surface area (Å²) in [6.45, 7) is 0. The molecule has 1 heterocycles. The van der Waals surface area contributed by atoms with Gasteiger partial charge in [-0.1, -0.05) is 34.8 Å². The molecule has 1 aromatic carbocycles. The lowest BCUT2D eigenvalue weighted by molar-refractivity contribution is 0.476. The van der Waals surface area contributed by atoms with Crippen LogP contribution in [0.15, 0.2) is 41.4 Å². The van der Waals surface area contributed by atoms with Crippen molar-refractivity contribution < 1.29 is 12.6 Å². The standard InChI is InChI=1S/C11H6Cl3NO3S/c12-7-1-3-9(4-2-7)19(16,17)18-11-10(14)5-8(13)6-15-11/h1-6H. The largest absolute Gasteiger partial charge is 0.357 e. The highest BCUT2D eigenvalue weighted by molar-refractivity contribution is 7.87. The van der Waals surface area contributed by atoms with Gasteiger partial charge in [-0.3, -0.25) is 0 Å². The Morgan fingerprint density at radius 2 is 1.63 bits per heavy atom. The van der Waals surface area contributed by atoms with Crippen LogP contribution in [-0.2, 0) is 10.1 Å². The monoisotopic (exact) mass is 337 g/mol. The van der Waals surface area contributed by atoms with Gasteiger partial charge in [0.25, 0.3) is 5.88 Å². The molecule has 0 radical (unpaired) electrons. The number of hydrogen-bond donors (Lipinski definition) is 0. The smallest absolute Gasteiger partial charge is 0.340 e. The van der Waals surface area contributed by atoms with Gasteiger partial charge in [0.1, 0.15) is 9.92 Å². The van der Waals surface area contributed by atoms with Crippen LogP contribution < -0.4 is 4.18 Å². The molecule has 0 fully saturated rings. The molecule has 0 N–H and O–H groups in total. The van der Waals surface area contributed by atoms with Crippen LogP contribution in [0.1, 0.15) is 0 Å². The fraction of sp³-hybridized carbons (Fsp3) is 0. The van der Waals surface area contributed by atoms with Crippen molar-refractivity contribution in [3.8, 4) is 5.88 Å². The summed E-state index contributed by atoms with van der Waals surface area (Å²) in [7, 11) is -4.01. The summed E-state index contributed by atoms with van der Waals surface area (Å²) in [6, 6.07) is 6.86. The van der Waals surface area contributed by atoms with Gasteiger partial charge in [-0.05, 0) is 30.3 Å². The van der Waals surface area contributed by atoms with Crippen molar-refractivity contribution in [1.29, 1.82) is 0 Å². The van der Waals surface area contributed by atoms with E-state index in [1.54, 1.807) is 0 Å². The zero-order valence-electron chi connectivity index (χ0n) is 9.18. The van der Waals surface area contributed by atoms with E-state index in [4.69, 9.17) is 39.0 Å². The Kier molecular flexibility index (Phi) is 4.20. The number of benzene rings is 1. The molecule has 100 valence electrons. The Hall–Kier alpha value is -1.01. The van der Waals surface area contributed by atoms with E-state index in [0.717, 1.165) is 0 Å². The van der Waals surface area contributed by atoms with Crippen molar-refractivity contribution in [2.45, 2.75) is 4.90 Å². The van der Waals surface area contributed by atoms with Gasteiger partial charge < -0.3 is 4.18 Å². The minimum Gasteiger partial charge on any atom is -0.357 e. The number of nitrogens with zero attached hydrogens (tertiary/aromatic N) is 1. The highest BCUT2D eigenvalue weighted by atomic mass is 35.5. The molecule has 0 aliphatic carbocycles. The quantitative estimate of drug-likeness (QED) is 0.799. The SMILES string of the molecule is O=S(=O)(Oc1ncc(Cl)cc1Cl)c1ccc(Cl)cc1. The Labute approximate surface area is 125 Å². The molecule has 0 bridgehead atoms. The maximum Gasteiger partial charge on any atom is 0.340 e. The van der Waals surface area contributed by atoms with Crippen molar-refractivity contribution in [2.24, 2.45) is 0 Å². The van der Waals surface area contributed by atoms with Gasteiger partial charge in [0.2, 0.25) is 0 Å². The minimum atomic E-state index is -4.01.